The molecule has 8 nitrogen and oxygen atoms in total. The van der Waals surface area contributed by atoms with E-state index in [-0.39, 0.29) is 0 Å². The summed E-state index contributed by atoms with van der Waals surface area (Å²) >= 11 is 0. The standard InChI is InChI=1S/C17H36N4O4/c1-16(2,3)24-14(22)19-9-12-21(11-8-18-7)13-10-20-15(23)25-17(4,5)6/h18H,8-13H2,1-7H3,(H,19,22)(H,20,23). The summed E-state index contributed by atoms with van der Waals surface area (Å²) in [4.78, 5) is 25.4. The second-order valence-corrected chi connectivity index (χ2v) is 7.80. The molecule has 25 heavy (non-hydrogen) atoms. The zero-order valence-electron chi connectivity index (χ0n) is 16.8. The van der Waals surface area contributed by atoms with E-state index in [0.717, 1.165) is 13.1 Å². The van der Waals surface area contributed by atoms with Crippen molar-refractivity contribution in [3.63, 3.8) is 0 Å². The van der Waals surface area contributed by atoms with Gasteiger partial charge in [-0.15, -0.1) is 0 Å². The molecule has 148 valence electrons. The molecular formula is C17H36N4O4. The lowest BCUT2D eigenvalue weighted by atomic mass is 10.2. The van der Waals surface area contributed by atoms with Crippen LogP contribution in [0.25, 0.3) is 0 Å². The molecule has 0 aliphatic rings. The minimum atomic E-state index is -0.507. The Labute approximate surface area is 152 Å². The fourth-order valence-corrected chi connectivity index (χ4v) is 1.87. The Hall–Kier alpha value is -1.54. The SMILES string of the molecule is CNCCN(CCNC(=O)OC(C)(C)C)CCNC(=O)OC(C)(C)C. The van der Waals surface area contributed by atoms with E-state index in [0.29, 0.717) is 26.2 Å². The van der Waals surface area contributed by atoms with Crippen molar-refractivity contribution in [2.75, 3.05) is 46.3 Å². The van der Waals surface area contributed by atoms with Gasteiger partial charge in [0.1, 0.15) is 11.2 Å². The van der Waals surface area contributed by atoms with Gasteiger partial charge in [0.2, 0.25) is 0 Å². The van der Waals surface area contributed by atoms with Gasteiger partial charge in [0.05, 0.1) is 0 Å². The number of alkyl carbamates (subject to hydrolysis) is 2. The molecule has 0 aliphatic heterocycles. The van der Waals surface area contributed by atoms with Crippen LogP contribution in [-0.4, -0.2) is 74.6 Å². The molecule has 3 N–H and O–H groups in total. The normalized spacial score (nSPS) is 12.0. The van der Waals surface area contributed by atoms with Gasteiger partial charge < -0.3 is 25.4 Å². The molecule has 0 saturated heterocycles. The lowest BCUT2D eigenvalue weighted by Crippen LogP contribution is -2.43. The Kier molecular flexibility index (Phi) is 10.5. The van der Waals surface area contributed by atoms with Crippen molar-refractivity contribution in [3.8, 4) is 0 Å². The first kappa shape index (κ1) is 23.5. The molecule has 0 fully saturated rings. The highest BCUT2D eigenvalue weighted by Crippen LogP contribution is 2.06. The first-order chi connectivity index (χ1) is 11.4. The molecule has 0 heterocycles. The maximum Gasteiger partial charge on any atom is 0.407 e. The minimum absolute atomic E-state index is 0.423. The molecule has 0 aromatic carbocycles. The third-order valence-corrected chi connectivity index (χ3v) is 2.87. The predicted octanol–water partition coefficient (Wildman–Crippen LogP) is 1.56. The molecule has 0 aromatic rings. The van der Waals surface area contributed by atoms with Crippen molar-refractivity contribution in [2.24, 2.45) is 0 Å². The molecule has 0 rings (SSSR count). The monoisotopic (exact) mass is 360 g/mol. The summed E-state index contributed by atoms with van der Waals surface area (Å²) in [5.41, 5.74) is -1.01. The number of likely N-dealkylation sites (N-methyl/N-ethyl adjacent to an activating group) is 1. The van der Waals surface area contributed by atoms with Gasteiger partial charge in [0.25, 0.3) is 0 Å². The maximum atomic E-state index is 11.7. The van der Waals surface area contributed by atoms with Gasteiger partial charge in [-0.2, -0.15) is 0 Å². The summed E-state index contributed by atoms with van der Waals surface area (Å²) in [7, 11) is 1.88. The second kappa shape index (κ2) is 11.1. The first-order valence-electron chi connectivity index (χ1n) is 8.73. The van der Waals surface area contributed by atoms with Gasteiger partial charge in [0, 0.05) is 39.3 Å². The highest BCUT2D eigenvalue weighted by molar-refractivity contribution is 5.68. The maximum absolute atomic E-state index is 11.7. The summed E-state index contributed by atoms with van der Waals surface area (Å²) in [6.07, 6.45) is -0.846. The van der Waals surface area contributed by atoms with Crippen molar-refractivity contribution >= 4 is 12.2 Å². The van der Waals surface area contributed by atoms with E-state index < -0.39 is 23.4 Å². The lowest BCUT2D eigenvalue weighted by Gasteiger charge is -2.24. The molecule has 0 bridgehead atoms. The predicted molar refractivity (Wildman–Crippen MR) is 98.8 cm³/mol. The number of nitrogens with one attached hydrogen (secondary N) is 3. The van der Waals surface area contributed by atoms with E-state index >= 15 is 0 Å². The van der Waals surface area contributed by atoms with Crippen LogP contribution in [0.4, 0.5) is 9.59 Å². The van der Waals surface area contributed by atoms with Crippen LogP contribution in [0.5, 0.6) is 0 Å². The van der Waals surface area contributed by atoms with E-state index in [1.807, 2.05) is 48.6 Å². The van der Waals surface area contributed by atoms with E-state index in [9.17, 15) is 9.59 Å². The summed E-state index contributed by atoms with van der Waals surface area (Å²) in [5, 5.41) is 8.58. The largest absolute Gasteiger partial charge is 0.444 e. The summed E-state index contributed by atoms with van der Waals surface area (Å²) in [6, 6.07) is 0. The number of carbonyl (C=O) groups excluding carboxylic acids is 2. The Morgan fingerprint density at radius 3 is 1.44 bits per heavy atom. The van der Waals surface area contributed by atoms with Crippen LogP contribution in [-0.2, 0) is 9.47 Å². The van der Waals surface area contributed by atoms with Crippen LogP contribution in [0.3, 0.4) is 0 Å². The molecule has 0 saturated carbocycles. The molecule has 0 aromatic heterocycles. The number of ether oxygens (including phenoxy) is 2. The van der Waals surface area contributed by atoms with Crippen molar-refractivity contribution < 1.29 is 19.1 Å². The molecule has 8 heteroatoms. The number of rotatable bonds is 9. The molecular weight excluding hydrogens is 324 g/mol. The van der Waals surface area contributed by atoms with Gasteiger partial charge in [-0.1, -0.05) is 0 Å². The average molecular weight is 360 g/mol. The topological polar surface area (TPSA) is 91.9 Å². The molecule has 0 unspecified atom stereocenters. The summed E-state index contributed by atoms with van der Waals surface area (Å²) in [5.74, 6) is 0. The van der Waals surface area contributed by atoms with Crippen molar-refractivity contribution in [2.45, 2.75) is 52.7 Å². The third kappa shape index (κ3) is 15.7. The number of nitrogens with zero attached hydrogens (tertiary/aromatic N) is 1. The van der Waals surface area contributed by atoms with Gasteiger partial charge in [0.15, 0.2) is 0 Å². The Balaban J connectivity index is 4.15. The fraction of sp³-hybridized carbons (Fsp3) is 0.882. The average Bonchev–Trinajstić information content (AvgIpc) is 2.40. The van der Waals surface area contributed by atoms with E-state index in [1.54, 1.807) is 0 Å². The number of carbonyl (C=O) groups is 2. The van der Waals surface area contributed by atoms with Crippen LogP contribution in [0.1, 0.15) is 41.5 Å². The zero-order valence-corrected chi connectivity index (χ0v) is 16.8. The van der Waals surface area contributed by atoms with Crippen molar-refractivity contribution in [3.05, 3.63) is 0 Å². The van der Waals surface area contributed by atoms with Crippen LogP contribution in [0.15, 0.2) is 0 Å². The van der Waals surface area contributed by atoms with Crippen molar-refractivity contribution in [1.29, 1.82) is 0 Å². The second-order valence-electron chi connectivity index (χ2n) is 7.80. The van der Waals surface area contributed by atoms with Crippen LogP contribution in [0.2, 0.25) is 0 Å². The number of hydrogen-bond acceptors (Lipinski definition) is 6. The molecule has 0 radical (unpaired) electrons. The Morgan fingerprint density at radius 2 is 1.12 bits per heavy atom. The lowest BCUT2D eigenvalue weighted by molar-refractivity contribution is 0.0520. The number of amides is 2. The van der Waals surface area contributed by atoms with Gasteiger partial charge >= 0.3 is 12.2 Å². The minimum Gasteiger partial charge on any atom is -0.444 e. The molecule has 0 atom stereocenters. The third-order valence-electron chi connectivity index (χ3n) is 2.87. The smallest absolute Gasteiger partial charge is 0.407 e. The zero-order chi connectivity index (χ0) is 19.5. The van der Waals surface area contributed by atoms with Gasteiger partial charge in [-0.05, 0) is 48.6 Å². The summed E-state index contributed by atoms with van der Waals surface area (Å²) in [6.45, 7) is 14.9. The van der Waals surface area contributed by atoms with Crippen LogP contribution < -0.4 is 16.0 Å². The number of hydrogen-bond donors (Lipinski definition) is 3. The van der Waals surface area contributed by atoms with Gasteiger partial charge in [-0.25, -0.2) is 9.59 Å². The first-order valence-corrected chi connectivity index (χ1v) is 8.73. The van der Waals surface area contributed by atoms with Gasteiger partial charge in [-0.3, -0.25) is 4.90 Å². The van der Waals surface area contributed by atoms with Crippen LogP contribution in [0, 0.1) is 0 Å². The van der Waals surface area contributed by atoms with E-state index in [2.05, 4.69) is 20.9 Å². The molecule has 2 amide bonds. The van der Waals surface area contributed by atoms with E-state index in [1.165, 1.54) is 0 Å². The Bertz CT molecular complexity index is 368. The quantitative estimate of drug-likeness (QED) is 0.578. The van der Waals surface area contributed by atoms with Crippen molar-refractivity contribution in [1.82, 2.24) is 20.9 Å². The summed E-state index contributed by atoms with van der Waals surface area (Å²) < 4.78 is 10.4. The molecule has 0 spiro atoms. The highest BCUT2D eigenvalue weighted by atomic mass is 16.6. The van der Waals surface area contributed by atoms with Crippen LogP contribution >= 0.6 is 0 Å². The highest BCUT2D eigenvalue weighted by Gasteiger charge is 2.17. The Morgan fingerprint density at radius 1 is 0.760 bits per heavy atom. The van der Waals surface area contributed by atoms with E-state index in [4.69, 9.17) is 9.47 Å². The fourth-order valence-electron chi connectivity index (χ4n) is 1.87. The molecule has 0 aliphatic carbocycles.